The molecular weight excluding hydrogens is 244 g/mol. The van der Waals surface area contributed by atoms with Gasteiger partial charge in [-0.1, -0.05) is 11.6 Å². The summed E-state index contributed by atoms with van der Waals surface area (Å²) < 4.78 is 9.73. The van der Waals surface area contributed by atoms with Gasteiger partial charge in [0.25, 0.3) is 0 Å². The molecule has 19 heavy (non-hydrogen) atoms. The minimum absolute atomic E-state index is 0.292. The fourth-order valence-electron chi connectivity index (χ4n) is 3.66. The molecule has 2 aliphatic carbocycles. The molecule has 1 saturated carbocycles. The number of hydrogen-bond donors (Lipinski definition) is 0. The zero-order chi connectivity index (χ0) is 14.0. The Labute approximate surface area is 114 Å². The number of carbonyl (C=O) groups is 2. The maximum absolute atomic E-state index is 12.1. The first kappa shape index (κ1) is 14.1. The average molecular weight is 266 g/mol. The van der Waals surface area contributed by atoms with Crippen molar-refractivity contribution >= 4 is 11.9 Å². The maximum atomic E-state index is 12.1. The van der Waals surface area contributed by atoms with E-state index in [1.807, 2.05) is 0 Å². The lowest BCUT2D eigenvalue weighted by Gasteiger charge is -2.23. The van der Waals surface area contributed by atoms with Crippen molar-refractivity contribution in [2.45, 2.75) is 39.0 Å². The van der Waals surface area contributed by atoms with Crippen LogP contribution in [-0.2, 0) is 19.1 Å². The smallest absolute Gasteiger partial charge is 0.323 e. The molecule has 0 aromatic rings. The minimum Gasteiger partial charge on any atom is -0.468 e. The third-order valence-electron chi connectivity index (χ3n) is 4.60. The number of carbonyl (C=O) groups excluding carboxylic acids is 2. The number of hydrogen-bond acceptors (Lipinski definition) is 4. The van der Waals surface area contributed by atoms with Crippen molar-refractivity contribution in [1.29, 1.82) is 0 Å². The Hall–Kier alpha value is -1.32. The van der Waals surface area contributed by atoms with E-state index in [0.717, 1.165) is 19.3 Å². The lowest BCUT2D eigenvalue weighted by molar-refractivity contribution is -0.169. The standard InChI is InChI=1S/C15H22O4/c1-10-5-4-6-11-8-15(13(16)18-2,14(17)19-3)9-12(11)7-10/h7,11-12H,4-6,8-9H2,1-3H3/t11-,12+/m1/s1. The van der Waals surface area contributed by atoms with E-state index in [-0.39, 0.29) is 0 Å². The monoisotopic (exact) mass is 266 g/mol. The van der Waals surface area contributed by atoms with Gasteiger partial charge in [0.2, 0.25) is 0 Å². The quantitative estimate of drug-likeness (QED) is 0.438. The van der Waals surface area contributed by atoms with Crippen LogP contribution in [0.25, 0.3) is 0 Å². The second-order valence-electron chi connectivity index (χ2n) is 5.80. The van der Waals surface area contributed by atoms with Gasteiger partial charge in [0.15, 0.2) is 5.41 Å². The van der Waals surface area contributed by atoms with E-state index in [1.165, 1.54) is 19.8 Å². The number of methoxy groups -OCH3 is 2. The average Bonchev–Trinajstić information content (AvgIpc) is 2.68. The lowest BCUT2D eigenvalue weighted by atomic mass is 9.84. The summed E-state index contributed by atoms with van der Waals surface area (Å²) in [6, 6.07) is 0. The van der Waals surface area contributed by atoms with Crippen LogP contribution in [-0.4, -0.2) is 26.2 Å². The number of allylic oxidation sites excluding steroid dienone is 2. The van der Waals surface area contributed by atoms with Crippen LogP contribution in [0.15, 0.2) is 11.6 Å². The second kappa shape index (κ2) is 5.35. The first-order valence-electron chi connectivity index (χ1n) is 6.87. The van der Waals surface area contributed by atoms with Crippen molar-refractivity contribution in [2.24, 2.45) is 17.3 Å². The molecule has 2 aliphatic rings. The number of esters is 2. The summed E-state index contributed by atoms with van der Waals surface area (Å²) in [7, 11) is 2.67. The van der Waals surface area contributed by atoms with E-state index in [9.17, 15) is 9.59 Å². The fraction of sp³-hybridized carbons (Fsp3) is 0.733. The van der Waals surface area contributed by atoms with Crippen LogP contribution in [0, 0.1) is 17.3 Å². The van der Waals surface area contributed by atoms with Crippen LogP contribution in [0.4, 0.5) is 0 Å². The van der Waals surface area contributed by atoms with Gasteiger partial charge in [-0.25, -0.2) is 0 Å². The van der Waals surface area contributed by atoms with Crippen LogP contribution in [0.2, 0.25) is 0 Å². The molecule has 0 radical (unpaired) electrons. The van der Waals surface area contributed by atoms with Gasteiger partial charge < -0.3 is 9.47 Å². The highest BCUT2D eigenvalue weighted by Gasteiger charge is 2.56. The van der Waals surface area contributed by atoms with Crippen LogP contribution < -0.4 is 0 Å². The Balaban J connectivity index is 2.31. The Morgan fingerprint density at radius 3 is 2.42 bits per heavy atom. The van der Waals surface area contributed by atoms with Crippen molar-refractivity contribution in [1.82, 2.24) is 0 Å². The van der Waals surface area contributed by atoms with E-state index < -0.39 is 17.4 Å². The molecule has 0 spiro atoms. The van der Waals surface area contributed by atoms with Crippen LogP contribution in [0.5, 0.6) is 0 Å². The number of rotatable bonds is 2. The summed E-state index contributed by atoms with van der Waals surface area (Å²) >= 11 is 0. The fourth-order valence-corrected chi connectivity index (χ4v) is 3.66. The first-order chi connectivity index (χ1) is 9.03. The molecule has 2 atom stereocenters. The van der Waals surface area contributed by atoms with E-state index >= 15 is 0 Å². The molecule has 2 rings (SSSR count). The molecule has 106 valence electrons. The van der Waals surface area contributed by atoms with Gasteiger partial charge >= 0.3 is 11.9 Å². The van der Waals surface area contributed by atoms with Gasteiger partial charge in [0.1, 0.15) is 0 Å². The summed E-state index contributed by atoms with van der Waals surface area (Å²) in [6.45, 7) is 2.12. The Morgan fingerprint density at radius 1 is 1.21 bits per heavy atom. The third kappa shape index (κ3) is 2.40. The van der Waals surface area contributed by atoms with Gasteiger partial charge in [-0.15, -0.1) is 0 Å². The summed E-state index contributed by atoms with van der Waals surface area (Å²) in [5.41, 5.74) is 0.269. The van der Waals surface area contributed by atoms with E-state index in [4.69, 9.17) is 9.47 Å². The van der Waals surface area contributed by atoms with E-state index in [2.05, 4.69) is 13.0 Å². The molecule has 0 aromatic heterocycles. The molecule has 0 aromatic carbocycles. The minimum atomic E-state index is -1.09. The summed E-state index contributed by atoms with van der Waals surface area (Å²) in [5.74, 6) is -0.215. The SMILES string of the molecule is COC(=O)C1(C(=O)OC)C[C@H]2CCCC(C)=C[C@H]2C1. The predicted molar refractivity (Wildman–Crippen MR) is 70.3 cm³/mol. The zero-order valence-electron chi connectivity index (χ0n) is 11.9. The van der Waals surface area contributed by atoms with Gasteiger partial charge in [0, 0.05) is 0 Å². The molecule has 0 aliphatic heterocycles. The van der Waals surface area contributed by atoms with E-state index in [0.29, 0.717) is 24.7 Å². The van der Waals surface area contributed by atoms with Crippen molar-refractivity contribution in [3.05, 3.63) is 11.6 Å². The highest BCUT2D eigenvalue weighted by atomic mass is 16.5. The Kier molecular flexibility index (Phi) is 3.97. The molecule has 0 heterocycles. The number of ether oxygens (including phenoxy) is 2. The largest absolute Gasteiger partial charge is 0.468 e. The van der Waals surface area contributed by atoms with Crippen molar-refractivity contribution in [2.75, 3.05) is 14.2 Å². The summed E-state index contributed by atoms with van der Waals surface area (Å²) in [5, 5.41) is 0. The number of fused-ring (bicyclic) bond motifs is 1. The molecule has 0 unspecified atom stereocenters. The van der Waals surface area contributed by atoms with E-state index in [1.54, 1.807) is 0 Å². The topological polar surface area (TPSA) is 52.6 Å². The highest BCUT2D eigenvalue weighted by molar-refractivity contribution is 6.00. The zero-order valence-corrected chi connectivity index (χ0v) is 11.9. The molecule has 1 fully saturated rings. The summed E-state index contributed by atoms with van der Waals surface area (Å²) in [6.07, 6.45) is 6.63. The van der Waals surface area contributed by atoms with Crippen molar-refractivity contribution in [3.8, 4) is 0 Å². The Bertz CT molecular complexity index is 394. The predicted octanol–water partition coefficient (Wildman–Crippen LogP) is 2.48. The molecule has 0 saturated heterocycles. The molecule has 4 heteroatoms. The van der Waals surface area contributed by atoms with Crippen LogP contribution in [0.1, 0.15) is 39.0 Å². The molecule has 0 bridgehead atoms. The molecule has 0 amide bonds. The summed E-state index contributed by atoms with van der Waals surface area (Å²) in [4.78, 5) is 24.2. The molecule has 4 nitrogen and oxygen atoms in total. The molecular formula is C15H22O4. The maximum Gasteiger partial charge on any atom is 0.323 e. The Morgan fingerprint density at radius 2 is 1.84 bits per heavy atom. The van der Waals surface area contributed by atoms with Gasteiger partial charge in [0.05, 0.1) is 14.2 Å². The normalized spacial score (nSPS) is 28.9. The van der Waals surface area contributed by atoms with Crippen LogP contribution >= 0.6 is 0 Å². The van der Waals surface area contributed by atoms with Gasteiger partial charge in [-0.3, -0.25) is 9.59 Å². The highest BCUT2D eigenvalue weighted by Crippen LogP contribution is 2.51. The van der Waals surface area contributed by atoms with Crippen LogP contribution in [0.3, 0.4) is 0 Å². The van der Waals surface area contributed by atoms with Crippen molar-refractivity contribution in [3.63, 3.8) is 0 Å². The van der Waals surface area contributed by atoms with Gasteiger partial charge in [-0.2, -0.15) is 0 Å². The second-order valence-corrected chi connectivity index (χ2v) is 5.80. The molecule has 0 N–H and O–H groups in total. The van der Waals surface area contributed by atoms with Crippen molar-refractivity contribution < 1.29 is 19.1 Å². The first-order valence-corrected chi connectivity index (χ1v) is 6.87. The van der Waals surface area contributed by atoms with Gasteiger partial charge in [-0.05, 0) is 50.9 Å². The lowest BCUT2D eigenvalue weighted by Crippen LogP contribution is -2.39. The third-order valence-corrected chi connectivity index (χ3v) is 4.60.